The van der Waals surface area contributed by atoms with Crippen LogP contribution in [0.1, 0.15) is 33.7 Å². The number of aromatic hydroxyl groups is 1. The third-order valence-corrected chi connectivity index (χ3v) is 5.93. The first-order valence-corrected chi connectivity index (χ1v) is 10.3. The highest BCUT2D eigenvalue weighted by Crippen LogP contribution is 2.39. The van der Waals surface area contributed by atoms with E-state index in [1.54, 1.807) is 36.4 Å². The monoisotopic (exact) mass is 424 g/mol. The molecule has 0 aliphatic rings. The minimum Gasteiger partial charge on any atom is -0.507 e. The number of hydrogen-bond acceptors (Lipinski definition) is 5. The van der Waals surface area contributed by atoms with Gasteiger partial charge < -0.3 is 13.9 Å². The van der Waals surface area contributed by atoms with Crippen LogP contribution in [-0.4, -0.2) is 5.11 Å². The Bertz CT molecular complexity index is 1490. The van der Waals surface area contributed by atoms with Crippen LogP contribution in [0.2, 0.25) is 0 Å². The van der Waals surface area contributed by atoms with Gasteiger partial charge in [-0.15, -0.1) is 0 Å². The second kappa shape index (κ2) is 7.54. The maximum absolute atomic E-state index is 13.2. The average Bonchev–Trinajstić information content (AvgIpc) is 2.78. The molecule has 0 saturated carbocycles. The average molecular weight is 424 g/mol. The molecule has 0 bridgehead atoms. The molecule has 5 aromatic rings. The molecule has 0 aliphatic heterocycles. The van der Waals surface area contributed by atoms with Gasteiger partial charge in [0.15, 0.2) is 0 Å². The van der Waals surface area contributed by atoms with E-state index >= 15 is 0 Å². The van der Waals surface area contributed by atoms with Crippen molar-refractivity contribution in [3.63, 3.8) is 0 Å². The summed E-state index contributed by atoms with van der Waals surface area (Å²) in [5.41, 5.74) is 2.21. The van der Waals surface area contributed by atoms with Crippen LogP contribution in [0, 0.1) is 13.8 Å². The van der Waals surface area contributed by atoms with Crippen LogP contribution in [-0.2, 0) is 0 Å². The van der Waals surface area contributed by atoms with E-state index in [-0.39, 0.29) is 16.9 Å². The van der Waals surface area contributed by atoms with Gasteiger partial charge in [-0.05, 0) is 43.2 Å². The van der Waals surface area contributed by atoms with Crippen molar-refractivity contribution in [1.82, 2.24) is 0 Å². The predicted molar refractivity (Wildman–Crippen MR) is 123 cm³/mol. The smallest absolute Gasteiger partial charge is 0.344 e. The van der Waals surface area contributed by atoms with E-state index < -0.39 is 17.2 Å². The third-order valence-electron chi connectivity index (χ3n) is 5.93. The molecule has 32 heavy (non-hydrogen) atoms. The first-order chi connectivity index (χ1) is 15.5. The SMILES string of the molecule is Cc1ccc(C(c2c(C)c3ccccc3oc2=O)c2c(O)c3ccccc3oc2=O)cc1. The molecule has 2 heterocycles. The van der Waals surface area contributed by atoms with E-state index in [0.717, 1.165) is 10.9 Å². The molecule has 1 atom stereocenters. The van der Waals surface area contributed by atoms with Crippen molar-refractivity contribution in [2.45, 2.75) is 19.8 Å². The van der Waals surface area contributed by atoms with Crippen LogP contribution in [0.5, 0.6) is 5.75 Å². The van der Waals surface area contributed by atoms with Crippen molar-refractivity contribution < 1.29 is 13.9 Å². The third kappa shape index (κ3) is 3.10. The van der Waals surface area contributed by atoms with Gasteiger partial charge >= 0.3 is 11.3 Å². The van der Waals surface area contributed by atoms with Crippen LogP contribution < -0.4 is 11.3 Å². The Hall–Kier alpha value is -4.12. The molecule has 158 valence electrons. The predicted octanol–water partition coefficient (Wildman–Crippen LogP) is 5.40. The largest absolute Gasteiger partial charge is 0.507 e. The van der Waals surface area contributed by atoms with Gasteiger partial charge in [0.1, 0.15) is 16.9 Å². The first-order valence-electron chi connectivity index (χ1n) is 10.3. The van der Waals surface area contributed by atoms with Crippen molar-refractivity contribution in [2.24, 2.45) is 0 Å². The van der Waals surface area contributed by atoms with Crippen molar-refractivity contribution in [3.8, 4) is 5.75 Å². The Kier molecular flexibility index (Phi) is 4.67. The zero-order valence-corrected chi connectivity index (χ0v) is 17.6. The Morgan fingerprint density at radius 2 is 1.22 bits per heavy atom. The zero-order valence-electron chi connectivity index (χ0n) is 17.6. The molecular formula is C27H20O5. The van der Waals surface area contributed by atoms with Crippen LogP contribution in [0.3, 0.4) is 0 Å². The maximum atomic E-state index is 13.2. The maximum Gasteiger partial charge on any atom is 0.344 e. The number of rotatable bonds is 3. The lowest BCUT2D eigenvalue weighted by Gasteiger charge is -2.20. The lowest BCUT2D eigenvalue weighted by molar-refractivity contribution is 0.453. The van der Waals surface area contributed by atoms with E-state index in [9.17, 15) is 14.7 Å². The molecule has 3 aromatic carbocycles. The summed E-state index contributed by atoms with van der Waals surface area (Å²) < 4.78 is 11.2. The van der Waals surface area contributed by atoms with Gasteiger partial charge in [0.05, 0.1) is 22.4 Å². The summed E-state index contributed by atoms with van der Waals surface area (Å²) in [6.45, 7) is 3.78. The second-order valence-electron chi connectivity index (χ2n) is 7.92. The summed E-state index contributed by atoms with van der Waals surface area (Å²) >= 11 is 0. The van der Waals surface area contributed by atoms with Crippen molar-refractivity contribution in [3.05, 3.63) is 121 Å². The molecule has 5 heteroatoms. The lowest BCUT2D eigenvalue weighted by Crippen LogP contribution is -2.22. The minimum atomic E-state index is -0.864. The lowest BCUT2D eigenvalue weighted by atomic mass is 9.83. The van der Waals surface area contributed by atoms with Crippen LogP contribution in [0.25, 0.3) is 21.9 Å². The highest BCUT2D eigenvalue weighted by atomic mass is 16.4. The molecule has 5 nitrogen and oxygen atoms in total. The molecule has 1 N–H and O–H groups in total. The Morgan fingerprint density at radius 3 is 1.88 bits per heavy atom. The minimum absolute atomic E-state index is 0.0123. The molecule has 0 aliphatic carbocycles. The van der Waals surface area contributed by atoms with Gasteiger partial charge in [-0.1, -0.05) is 60.2 Å². The number of aryl methyl sites for hydroxylation is 2. The number of fused-ring (bicyclic) bond motifs is 2. The van der Waals surface area contributed by atoms with Gasteiger partial charge in [-0.3, -0.25) is 0 Å². The first kappa shape index (κ1) is 19.8. The summed E-state index contributed by atoms with van der Waals surface area (Å²) in [5, 5.41) is 12.4. The van der Waals surface area contributed by atoms with Crippen LogP contribution >= 0.6 is 0 Å². The van der Waals surface area contributed by atoms with Crippen molar-refractivity contribution >= 4 is 21.9 Å². The van der Waals surface area contributed by atoms with Gasteiger partial charge in [0.2, 0.25) is 0 Å². The molecule has 1 unspecified atom stereocenters. The van der Waals surface area contributed by atoms with E-state index in [2.05, 4.69) is 0 Å². The van der Waals surface area contributed by atoms with Crippen LogP contribution in [0.15, 0.2) is 91.2 Å². The molecule has 2 aromatic heterocycles. The molecule has 5 rings (SSSR count). The molecule has 0 saturated heterocycles. The van der Waals surface area contributed by atoms with Crippen LogP contribution in [0.4, 0.5) is 0 Å². The standard InChI is InChI=1S/C27H20O5/c1-15-11-13-17(14-12-15)23(22-16(2)18-7-3-5-9-20(18)31-26(22)29)24-25(28)19-8-4-6-10-21(19)32-27(24)30/h3-14,23,28H,1-2H3. The number of benzene rings is 3. The highest BCUT2D eigenvalue weighted by molar-refractivity contribution is 5.85. The van der Waals surface area contributed by atoms with Gasteiger partial charge in [-0.25, -0.2) is 9.59 Å². The number of hydrogen-bond donors (Lipinski definition) is 1. The van der Waals surface area contributed by atoms with E-state index in [0.29, 0.717) is 27.7 Å². The van der Waals surface area contributed by atoms with Gasteiger partial charge in [0.25, 0.3) is 0 Å². The molecule has 0 amide bonds. The summed E-state index contributed by atoms with van der Waals surface area (Å²) in [7, 11) is 0. The Morgan fingerprint density at radius 1 is 0.688 bits per heavy atom. The van der Waals surface area contributed by atoms with E-state index in [1.807, 2.05) is 50.2 Å². The Balaban J connectivity index is 1.91. The topological polar surface area (TPSA) is 80.7 Å². The normalized spacial score (nSPS) is 12.3. The summed E-state index contributed by atoms with van der Waals surface area (Å²) in [5.74, 6) is -1.06. The fourth-order valence-electron chi connectivity index (χ4n) is 4.29. The van der Waals surface area contributed by atoms with Gasteiger partial charge in [0, 0.05) is 5.39 Å². The van der Waals surface area contributed by atoms with E-state index in [4.69, 9.17) is 8.83 Å². The fourth-order valence-corrected chi connectivity index (χ4v) is 4.29. The quantitative estimate of drug-likeness (QED) is 0.392. The molecule has 0 spiro atoms. The zero-order chi connectivity index (χ0) is 22.4. The molecule has 0 fully saturated rings. The Labute approximate surface area is 183 Å². The highest BCUT2D eigenvalue weighted by Gasteiger charge is 2.31. The van der Waals surface area contributed by atoms with Crippen molar-refractivity contribution in [1.29, 1.82) is 0 Å². The van der Waals surface area contributed by atoms with Crippen molar-refractivity contribution in [2.75, 3.05) is 0 Å². The summed E-state index contributed by atoms with van der Waals surface area (Å²) in [6.07, 6.45) is 0. The second-order valence-corrected chi connectivity index (χ2v) is 7.92. The molecular weight excluding hydrogens is 404 g/mol. The number of para-hydroxylation sites is 2. The van der Waals surface area contributed by atoms with E-state index in [1.165, 1.54) is 0 Å². The summed E-state index contributed by atoms with van der Waals surface area (Å²) in [6, 6.07) is 21.5. The fraction of sp³-hybridized carbons (Fsp3) is 0.111. The molecule has 0 radical (unpaired) electrons. The van der Waals surface area contributed by atoms with Gasteiger partial charge in [-0.2, -0.15) is 0 Å². The summed E-state index contributed by atoms with van der Waals surface area (Å²) in [4.78, 5) is 26.4.